The van der Waals surface area contributed by atoms with E-state index in [9.17, 15) is 4.79 Å². The minimum absolute atomic E-state index is 0.161. The van der Waals surface area contributed by atoms with Gasteiger partial charge in [0.2, 0.25) is 0 Å². The first-order valence-corrected chi connectivity index (χ1v) is 3.57. The van der Waals surface area contributed by atoms with E-state index in [2.05, 4.69) is 6.58 Å². The van der Waals surface area contributed by atoms with Crippen LogP contribution in [0.5, 0.6) is 0 Å². The molecule has 0 radical (unpaired) electrons. The number of nitrogens with two attached hydrogens (primary N) is 1. The summed E-state index contributed by atoms with van der Waals surface area (Å²) in [6.07, 6.45) is 2.42. The molecule has 0 spiro atoms. The van der Waals surface area contributed by atoms with Gasteiger partial charge in [-0.3, -0.25) is 4.79 Å². The molecule has 2 nitrogen and oxygen atoms in total. The topological polar surface area (TPSA) is 43.1 Å². The van der Waals surface area contributed by atoms with Crippen LogP contribution in [-0.2, 0) is 4.79 Å². The smallest absolute Gasteiger partial charge is 0.157 e. The molecule has 0 heterocycles. The average molecular weight is 141 g/mol. The fraction of sp³-hybridized carbons (Fsp3) is 0.625. The van der Waals surface area contributed by atoms with Gasteiger partial charge in [-0.15, -0.1) is 0 Å². The van der Waals surface area contributed by atoms with Gasteiger partial charge in [0.1, 0.15) is 0 Å². The number of rotatable bonds is 5. The van der Waals surface area contributed by atoms with E-state index in [1.165, 1.54) is 0 Å². The number of hydrogen-bond acceptors (Lipinski definition) is 2. The second-order valence-corrected chi connectivity index (χ2v) is 2.45. The largest absolute Gasteiger partial charge is 0.330 e. The second-order valence-electron chi connectivity index (χ2n) is 2.45. The lowest BCUT2D eigenvalue weighted by Crippen LogP contribution is -2.02. The van der Waals surface area contributed by atoms with Gasteiger partial charge in [-0.25, -0.2) is 0 Å². The number of hydrogen-bond donors (Lipinski definition) is 1. The zero-order chi connectivity index (χ0) is 7.98. The molecule has 0 aliphatic carbocycles. The van der Waals surface area contributed by atoms with E-state index in [0.717, 1.165) is 12.8 Å². The first-order valence-electron chi connectivity index (χ1n) is 3.57. The van der Waals surface area contributed by atoms with E-state index >= 15 is 0 Å². The molecular weight excluding hydrogens is 126 g/mol. The predicted molar refractivity (Wildman–Crippen MR) is 42.7 cm³/mol. The van der Waals surface area contributed by atoms with Crippen molar-refractivity contribution in [2.24, 2.45) is 5.73 Å². The molecule has 0 unspecified atom stereocenters. The maximum atomic E-state index is 10.9. The molecule has 0 aromatic rings. The lowest BCUT2D eigenvalue weighted by atomic mass is 10.1. The maximum absolute atomic E-state index is 10.9. The molecule has 0 aliphatic rings. The van der Waals surface area contributed by atoms with Crippen LogP contribution in [0.1, 0.15) is 26.2 Å². The van der Waals surface area contributed by atoms with Crippen molar-refractivity contribution in [2.45, 2.75) is 26.2 Å². The SMILES string of the molecule is C=C(C)C(=O)CCCCN. The third-order valence-corrected chi connectivity index (χ3v) is 1.33. The lowest BCUT2D eigenvalue weighted by molar-refractivity contribution is -0.115. The van der Waals surface area contributed by atoms with Crippen LogP contribution in [0.15, 0.2) is 12.2 Å². The molecule has 0 atom stereocenters. The van der Waals surface area contributed by atoms with Gasteiger partial charge in [-0.1, -0.05) is 6.58 Å². The molecule has 0 aromatic carbocycles. The van der Waals surface area contributed by atoms with Gasteiger partial charge >= 0.3 is 0 Å². The molecule has 0 saturated carbocycles. The summed E-state index contributed by atoms with van der Waals surface area (Å²) in [5, 5.41) is 0. The van der Waals surface area contributed by atoms with E-state index in [4.69, 9.17) is 5.73 Å². The molecule has 0 bridgehead atoms. The molecule has 2 heteroatoms. The first-order chi connectivity index (χ1) is 4.68. The Kier molecular flexibility index (Phi) is 4.85. The van der Waals surface area contributed by atoms with Crippen LogP contribution in [0.25, 0.3) is 0 Å². The minimum atomic E-state index is 0.161. The van der Waals surface area contributed by atoms with Gasteiger partial charge in [-0.2, -0.15) is 0 Å². The number of unbranched alkanes of at least 4 members (excludes halogenated alkanes) is 1. The summed E-state index contributed by atoms with van der Waals surface area (Å²) in [6.45, 7) is 5.96. The van der Waals surface area contributed by atoms with Gasteiger partial charge in [0.05, 0.1) is 0 Å². The average Bonchev–Trinajstić information content (AvgIpc) is 1.88. The highest BCUT2D eigenvalue weighted by atomic mass is 16.1. The summed E-state index contributed by atoms with van der Waals surface area (Å²) in [5.41, 5.74) is 5.91. The molecule has 0 aromatic heterocycles. The lowest BCUT2D eigenvalue weighted by Gasteiger charge is -1.96. The van der Waals surface area contributed by atoms with Crippen molar-refractivity contribution in [3.05, 3.63) is 12.2 Å². The normalized spacial score (nSPS) is 9.40. The Morgan fingerprint density at radius 3 is 2.50 bits per heavy atom. The van der Waals surface area contributed by atoms with Crippen molar-refractivity contribution in [3.63, 3.8) is 0 Å². The van der Waals surface area contributed by atoms with Crippen LogP contribution in [0.2, 0.25) is 0 Å². The van der Waals surface area contributed by atoms with E-state index in [-0.39, 0.29) is 5.78 Å². The van der Waals surface area contributed by atoms with Crippen molar-refractivity contribution < 1.29 is 4.79 Å². The van der Waals surface area contributed by atoms with Crippen molar-refractivity contribution >= 4 is 5.78 Å². The Morgan fingerprint density at radius 2 is 2.10 bits per heavy atom. The Bertz CT molecular complexity index is 129. The van der Waals surface area contributed by atoms with E-state index in [0.29, 0.717) is 18.5 Å². The molecule has 58 valence electrons. The highest BCUT2D eigenvalue weighted by Crippen LogP contribution is 2.00. The minimum Gasteiger partial charge on any atom is -0.330 e. The molecule has 0 saturated heterocycles. The third kappa shape index (κ3) is 4.27. The molecule has 10 heavy (non-hydrogen) atoms. The summed E-state index contributed by atoms with van der Waals surface area (Å²) in [4.78, 5) is 10.9. The molecule has 0 rings (SSSR count). The predicted octanol–water partition coefficient (Wildman–Crippen LogP) is 1.26. The van der Waals surface area contributed by atoms with Gasteiger partial charge < -0.3 is 5.73 Å². The third-order valence-electron chi connectivity index (χ3n) is 1.33. The maximum Gasteiger partial charge on any atom is 0.157 e. The van der Waals surface area contributed by atoms with Crippen molar-refractivity contribution in [3.8, 4) is 0 Å². The Hall–Kier alpha value is -0.630. The zero-order valence-corrected chi connectivity index (χ0v) is 6.52. The monoisotopic (exact) mass is 141 g/mol. The Balaban J connectivity index is 3.31. The quantitative estimate of drug-likeness (QED) is 0.462. The van der Waals surface area contributed by atoms with Crippen LogP contribution < -0.4 is 5.73 Å². The van der Waals surface area contributed by atoms with E-state index in [1.807, 2.05) is 0 Å². The van der Waals surface area contributed by atoms with E-state index < -0.39 is 0 Å². The fourth-order valence-electron chi connectivity index (χ4n) is 0.643. The summed E-state index contributed by atoms with van der Waals surface area (Å²) in [6, 6.07) is 0. The van der Waals surface area contributed by atoms with Gasteiger partial charge in [-0.05, 0) is 31.9 Å². The summed E-state index contributed by atoms with van der Waals surface area (Å²) in [7, 11) is 0. The van der Waals surface area contributed by atoms with Gasteiger partial charge in [0.15, 0.2) is 5.78 Å². The van der Waals surface area contributed by atoms with E-state index in [1.54, 1.807) is 6.92 Å². The van der Waals surface area contributed by atoms with Crippen LogP contribution in [-0.4, -0.2) is 12.3 Å². The number of allylic oxidation sites excluding steroid dienone is 1. The summed E-state index contributed by atoms with van der Waals surface area (Å²) < 4.78 is 0. The molecule has 0 aliphatic heterocycles. The summed E-state index contributed by atoms with van der Waals surface area (Å²) >= 11 is 0. The highest BCUT2D eigenvalue weighted by molar-refractivity contribution is 5.93. The first kappa shape index (κ1) is 9.37. The van der Waals surface area contributed by atoms with Crippen molar-refractivity contribution in [1.29, 1.82) is 0 Å². The van der Waals surface area contributed by atoms with Crippen LogP contribution in [0, 0.1) is 0 Å². The molecule has 0 amide bonds. The number of carbonyl (C=O) groups excluding carboxylic acids is 1. The molecule has 0 fully saturated rings. The second kappa shape index (κ2) is 5.18. The molecule has 2 N–H and O–H groups in total. The van der Waals surface area contributed by atoms with Crippen LogP contribution >= 0.6 is 0 Å². The molecular formula is C8H15NO. The fourth-order valence-corrected chi connectivity index (χ4v) is 0.643. The Labute approximate surface area is 62.1 Å². The number of carbonyl (C=O) groups is 1. The highest BCUT2D eigenvalue weighted by Gasteiger charge is 1.99. The van der Waals surface area contributed by atoms with Crippen LogP contribution in [0.3, 0.4) is 0 Å². The van der Waals surface area contributed by atoms with Gasteiger partial charge in [0, 0.05) is 6.42 Å². The van der Waals surface area contributed by atoms with Crippen LogP contribution in [0.4, 0.5) is 0 Å². The summed E-state index contributed by atoms with van der Waals surface area (Å²) in [5.74, 6) is 0.161. The van der Waals surface area contributed by atoms with Crippen molar-refractivity contribution in [2.75, 3.05) is 6.54 Å². The standard InChI is InChI=1S/C8H15NO/c1-7(2)8(10)5-3-4-6-9/h1,3-6,9H2,2H3. The Morgan fingerprint density at radius 1 is 1.50 bits per heavy atom. The van der Waals surface area contributed by atoms with Crippen molar-refractivity contribution in [1.82, 2.24) is 0 Å². The number of Topliss-reactive ketones (excluding diaryl/α,β-unsaturated/α-hetero) is 1. The zero-order valence-electron chi connectivity index (χ0n) is 6.52. The number of ketones is 1. The van der Waals surface area contributed by atoms with Gasteiger partial charge in [0.25, 0.3) is 0 Å².